The van der Waals surface area contributed by atoms with E-state index in [9.17, 15) is 26.7 Å². The predicted octanol–water partition coefficient (Wildman–Crippen LogP) is 3.57. The first-order chi connectivity index (χ1) is 7.82. The SMILES string of the molecule is CC(=O)c1cc(C(F)F)c(F)cc1OC(F)F. The average molecular weight is 254 g/mol. The number of hydrogen-bond acceptors (Lipinski definition) is 2. The first kappa shape index (κ1) is 13.4. The molecule has 1 rings (SSSR count). The van der Waals surface area contributed by atoms with Crippen LogP contribution in [-0.4, -0.2) is 12.4 Å². The van der Waals surface area contributed by atoms with E-state index in [2.05, 4.69) is 4.74 Å². The summed E-state index contributed by atoms with van der Waals surface area (Å²) >= 11 is 0. The standard InChI is InChI=1S/C10H7F5O2/c1-4(16)5-2-6(9(12)13)7(11)3-8(5)17-10(14)15/h2-3,9-10H,1H3. The summed E-state index contributed by atoms with van der Waals surface area (Å²) in [7, 11) is 0. The normalized spacial score (nSPS) is 11.1. The second kappa shape index (κ2) is 5.11. The molecule has 0 spiro atoms. The van der Waals surface area contributed by atoms with Crippen LogP contribution in [-0.2, 0) is 0 Å². The highest BCUT2D eigenvalue weighted by atomic mass is 19.3. The molecule has 0 unspecified atom stereocenters. The molecular weight excluding hydrogens is 247 g/mol. The lowest BCUT2D eigenvalue weighted by Gasteiger charge is -2.11. The fourth-order valence-electron chi connectivity index (χ4n) is 1.21. The highest BCUT2D eigenvalue weighted by Crippen LogP contribution is 2.30. The fraction of sp³-hybridized carbons (Fsp3) is 0.300. The lowest BCUT2D eigenvalue weighted by Crippen LogP contribution is -2.08. The van der Waals surface area contributed by atoms with E-state index >= 15 is 0 Å². The van der Waals surface area contributed by atoms with Crippen LogP contribution in [0.3, 0.4) is 0 Å². The molecule has 0 aromatic heterocycles. The van der Waals surface area contributed by atoms with E-state index in [1.54, 1.807) is 0 Å². The van der Waals surface area contributed by atoms with E-state index in [-0.39, 0.29) is 0 Å². The zero-order valence-electron chi connectivity index (χ0n) is 8.52. The first-order valence-electron chi connectivity index (χ1n) is 4.40. The van der Waals surface area contributed by atoms with Gasteiger partial charge >= 0.3 is 6.61 Å². The van der Waals surface area contributed by atoms with E-state index in [1.807, 2.05) is 0 Å². The van der Waals surface area contributed by atoms with Crippen LogP contribution in [0.2, 0.25) is 0 Å². The monoisotopic (exact) mass is 254 g/mol. The Morgan fingerprint density at radius 2 is 1.82 bits per heavy atom. The van der Waals surface area contributed by atoms with E-state index < -0.39 is 41.5 Å². The van der Waals surface area contributed by atoms with Gasteiger partial charge in [0.25, 0.3) is 6.43 Å². The van der Waals surface area contributed by atoms with Crippen molar-refractivity contribution in [2.24, 2.45) is 0 Å². The largest absolute Gasteiger partial charge is 0.434 e. The molecule has 1 aromatic carbocycles. The topological polar surface area (TPSA) is 26.3 Å². The Bertz CT molecular complexity index is 431. The zero-order chi connectivity index (χ0) is 13.2. The summed E-state index contributed by atoms with van der Waals surface area (Å²) in [6.07, 6.45) is -3.14. The predicted molar refractivity (Wildman–Crippen MR) is 48.0 cm³/mol. The Morgan fingerprint density at radius 1 is 1.24 bits per heavy atom. The van der Waals surface area contributed by atoms with Crippen LogP contribution in [0.5, 0.6) is 5.75 Å². The van der Waals surface area contributed by atoms with Gasteiger partial charge in [-0.2, -0.15) is 8.78 Å². The Morgan fingerprint density at radius 3 is 2.24 bits per heavy atom. The van der Waals surface area contributed by atoms with E-state index in [4.69, 9.17) is 0 Å². The smallest absolute Gasteiger partial charge is 0.387 e. The molecule has 1 aromatic rings. The van der Waals surface area contributed by atoms with Gasteiger partial charge in [0.2, 0.25) is 0 Å². The van der Waals surface area contributed by atoms with Crippen LogP contribution in [0.15, 0.2) is 12.1 Å². The number of ketones is 1. The number of alkyl halides is 4. The molecule has 0 radical (unpaired) electrons. The molecular formula is C10H7F5O2. The maximum Gasteiger partial charge on any atom is 0.387 e. The van der Waals surface area contributed by atoms with Crippen LogP contribution in [0, 0.1) is 5.82 Å². The van der Waals surface area contributed by atoms with Crippen molar-refractivity contribution in [2.45, 2.75) is 20.0 Å². The lowest BCUT2D eigenvalue weighted by molar-refractivity contribution is -0.0503. The molecule has 17 heavy (non-hydrogen) atoms. The number of Topliss-reactive ketones (excluding diaryl/α,β-unsaturated/α-hetero) is 1. The lowest BCUT2D eigenvalue weighted by atomic mass is 10.1. The number of carbonyl (C=O) groups is 1. The summed E-state index contributed by atoms with van der Waals surface area (Å²) in [6, 6.07) is 0.866. The van der Waals surface area contributed by atoms with Gasteiger partial charge in [0.1, 0.15) is 11.6 Å². The van der Waals surface area contributed by atoms with Gasteiger partial charge in [-0.05, 0) is 13.0 Å². The van der Waals surface area contributed by atoms with Gasteiger partial charge in [0.15, 0.2) is 5.78 Å². The summed E-state index contributed by atoms with van der Waals surface area (Å²) < 4.78 is 65.5. The van der Waals surface area contributed by atoms with Crippen LogP contribution in [0.25, 0.3) is 0 Å². The summed E-state index contributed by atoms with van der Waals surface area (Å²) in [6.45, 7) is -2.30. The number of halogens is 5. The Kier molecular flexibility index (Phi) is 4.03. The van der Waals surface area contributed by atoms with Gasteiger partial charge < -0.3 is 4.74 Å². The van der Waals surface area contributed by atoms with Crippen molar-refractivity contribution in [3.8, 4) is 5.75 Å². The molecule has 0 saturated carbocycles. The van der Waals surface area contributed by atoms with Gasteiger partial charge in [-0.25, -0.2) is 13.2 Å². The summed E-state index contributed by atoms with van der Waals surface area (Å²) in [4.78, 5) is 11.0. The van der Waals surface area contributed by atoms with Crippen LogP contribution >= 0.6 is 0 Å². The molecule has 94 valence electrons. The molecule has 7 heteroatoms. The van der Waals surface area contributed by atoms with Crippen LogP contribution in [0.4, 0.5) is 22.0 Å². The van der Waals surface area contributed by atoms with Gasteiger partial charge in [0.05, 0.1) is 11.1 Å². The van der Waals surface area contributed by atoms with Crippen LogP contribution in [0.1, 0.15) is 29.3 Å². The maximum absolute atomic E-state index is 13.1. The first-order valence-corrected chi connectivity index (χ1v) is 4.40. The van der Waals surface area contributed by atoms with E-state index in [0.29, 0.717) is 12.1 Å². The van der Waals surface area contributed by atoms with Crippen LogP contribution < -0.4 is 4.74 Å². The molecule has 0 saturated heterocycles. The van der Waals surface area contributed by atoms with E-state index in [1.165, 1.54) is 0 Å². The van der Waals surface area contributed by atoms with Crippen molar-refractivity contribution < 1.29 is 31.5 Å². The molecule has 0 amide bonds. The zero-order valence-corrected chi connectivity index (χ0v) is 8.52. The molecule has 0 aliphatic rings. The van der Waals surface area contributed by atoms with Crippen molar-refractivity contribution >= 4 is 5.78 Å². The Labute approximate surface area is 93.0 Å². The number of hydrogen-bond donors (Lipinski definition) is 0. The Balaban J connectivity index is 3.30. The molecule has 0 aliphatic carbocycles. The second-order valence-electron chi connectivity index (χ2n) is 3.11. The minimum Gasteiger partial charge on any atom is -0.434 e. The van der Waals surface area contributed by atoms with Gasteiger partial charge in [-0.15, -0.1) is 0 Å². The van der Waals surface area contributed by atoms with Crippen molar-refractivity contribution in [2.75, 3.05) is 0 Å². The highest BCUT2D eigenvalue weighted by Gasteiger charge is 2.21. The molecule has 0 aliphatic heterocycles. The highest BCUT2D eigenvalue weighted by molar-refractivity contribution is 5.97. The number of benzene rings is 1. The molecule has 0 fully saturated rings. The number of carbonyl (C=O) groups excluding carboxylic acids is 1. The third kappa shape index (κ3) is 3.15. The summed E-state index contributed by atoms with van der Waals surface area (Å²) in [5.74, 6) is -2.93. The minimum absolute atomic E-state index is 0.352. The Hall–Kier alpha value is -1.66. The van der Waals surface area contributed by atoms with Gasteiger partial charge in [-0.3, -0.25) is 4.79 Å². The second-order valence-corrected chi connectivity index (χ2v) is 3.11. The average Bonchev–Trinajstić information content (AvgIpc) is 2.15. The van der Waals surface area contributed by atoms with Crippen molar-refractivity contribution in [1.82, 2.24) is 0 Å². The molecule has 0 atom stereocenters. The summed E-state index contributed by atoms with van der Waals surface area (Å²) in [5, 5.41) is 0. The fourth-order valence-corrected chi connectivity index (χ4v) is 1.21. The van der Waals surface area contributed by atoms with Crippen molar-refractivity contribution in [3.05, 3.63) is 29.1 Å². The van der Waals surface area contributed by atoms with Crippen molar-refractivity contribution in [3.63, 3.8) is 0 Å². The van der Waals surface area contributed by atoms with Gasteiger partial charge in [-0.1, -0.05) is 0 Å². The molecule has 2 nitrogen and oxygen atoms in total. The molecule has 0 N–H and O–H groups in total. The van der Waals surface area contributed by atoms with Gasteiger partial charge in [0, 0.05) is 6.07 Å². The molecule has 0 heterocycles. The third-order valence-corrected chi connectivity index (χ3v) is 1.93. The minimum atomic E-state index is -3.27. The maximum atomic E-state index is 13.1. The third-order valence-electron chi connectivity index (χ3n) is 1.93. The van der Waals surface area contributed by atoms with Crippen molar-refractivity contribution in [1.29, 1.82) is 0 Å². The molecule has 0 bridgehead atoms. The summed E-state index contributed by atoms with van der Waals surface area (Å²) in [5.41, 5.74) is -1.54. The quantitative estimate of drug-likeness (QED) is 0.606. The number of ether oxygens (including phenoxy) is 1. The van der Waals surface area contributed by atoms with E-state index in [0.717, 1.165) is 6.92 Å². The number of rotatable bonds is 4.